The molecule has 0 bridgehead atoms. The molecule has 1 aromatic carbocycles. The lowest BCUT2D eigenvalue weighted by atomic mass is 9.86. The Morgan fingerprint density at radius 2 is 1.97 bits per heavy atom. The number of nitrogens with two attached hydrogens (primary N) is 2. The monoisotopic (exact) mass is 538 g/mol. The molecular weight excluding hydrogens is 512 g/mol. The Morgan fingerprint density at radius 3 is 2.47 bits per heavy atom. The van der Waals surface area contributed by atoms with Gasteiger partial charge in [0, 0.05) is 17.4 Å². The van der Waals surface area contributed by atoms with Crippen molar-refractivity contribution < 1.29 is 32.1 Å². The van der Waals surface area contributed by atoms with Gasteiger partial charge in [0.05, 0.1) is 12.0 Å². The predicted octanol–water partition coefficient (Wildman–Crippen LogP) is 1.20. The molecule has 1 aromatic heterocycles. The molecular formula is C21H26N6O7S2. The van der Waals surface area contributed by atoms with E-state index in [0.717, 1.165) is 11.3 Å². The van der Waals surface area contributed by atoms with Gasteiger partial charge in [-0.2, -0.15) is 8.42 Å². The van der Waals surface area contributed by atoms with Crippen LogP contribution in [-0.4, -0.2) is 63.7 Å². The van der Waals surface area contributed by atoms with Crippen molar-refractivity contribution in [2.24, 2.45) is 16.8 Å². The molecule has 1 aliphatic heterocycles. The third kappa shape index (κ3) is 6.16. The molecule has 2 heterocycles. The van der Waals surface area contributed by atoms with Gasteiger partial charge < -0.3 is 21.0 Å². The second-order valence-electron chi connectivity index (χ2n) is 8.67. The summed E-state index contributed by atoms with van der Waals surface area (Å²) in [5, 5.41) is 13.1. The minimum atomic E-state index is -4.71. The number of nitrogens with one attached hydrogen (secondary N) is 1. The number of Topliss-reactive ketones (excluding diaryl/α,β-unsaturated/α-hetero) is 1. The number of rotatable bonds is 11. The Balaban J connectivity index is 1.71. The molecule has 194 valence electrons. The van der Waals surface area contributed by atoms with Crippen molar-refractivity contribution in [1.29, 1.82) is 5.41 Å². The van der Waals surface area contributed by atoms with Crippen molar-refractivity contribution in [1.82, 2.24) is 9.29 Å². The minimum absolute atomic E-state index is 0.0676. The van der Waals surface area contributed by atoms with Gasteiger partial charge in [0.2, 0.25) is 5.91 Å². The molecule has 1 aliphatic rings. The first-order valence-corrected chi connectivity index (χ1v) is 12.9. The molecule has 0 saturated carbocycles. The van der Waals surface area contributed by atoms with Crippen LogP contribution in [0.1, 0.15) is 38.4 Å². The summed E-state index contributed by atoms with van der Waals surface area (Å²) < 4.78 is 38.0. The zero-order valence-electron chi connectivity index (χ0n) is 19.7. The van der Waals surface area contributed by atoms with E-state index in [0.29, 0.717) is 15.6 Å². The maximum absolute atomic E-state index is 13.0. The maximum atomic E-state index is 13.0. The van der Waals surface area contributed by atoms with E-state index in [9.17, 15) is 18.0 Å². The second-order valence-corrected chi connectivity index (χ2v) is 10.8. The van der Waals surface area contributed by atoms with Crippen molar-refractivity contribution in [3.63, 3.8) is 0 Å². The van der Waals surface area contributed by atoms with E-state index >= 15 is 0 Å². The van der Waals surface area contributed by atoms with Gasteiger partial charge in [-0.25, -0.2) is 9.29 Å². The number of amidine groups is 1. The Labute approximate surface area is 211 Å². The number of oxime groups is 1. The summed E-state index contributed by atoms with van der Waals surface area (Å²) in [6.07, 6.45) is -0.367. The number of ketones is 1. The quantitative estimate of drug-likeness (QED) is 0.105. The van der Waals surface area contributed by atoms with Crippen LogP contribution in [0.3, 0.4) is 0 Å². The van der Waals surface area contributed by atoms with Crippen LogP contribution >= 0.6 is 11.3 Å². The highest BCUT2D eigenvalue weighted by Gasteiger charge is 2.51. The molecule has 2 aromatic rings. The SMILES string of the molecule is C[C@H]1[C@H](CC(=O)/C(=N\OCC(C)(C)Oc2ccc(C(=N)N)cc2)c2csc(N)n2)C(=O)N1S(=O)(=O)O. The summed E-state index contributed by atoms with van der Waals surface area (Å²) in [7, 11) is -4.71. The summed E-state index contributed by atoms with van der Waals surface area (Å²) in [6.45, 7) is 4.81. The predicted molar refractivity (Wildman–Crippen MR) is 132 cm³/mol. The van der Waals surface area contributed by atoms with Crippen molar-refractivity contribution in [2.75, 3.05) is 12.3 Å². The number of aromatic nitrogens is 1. The van der Waals surface area contributed by atoms with Gasteiger partial charge in [-0.1, -0.05) is 5.16 Å². The average Bonchev–Trinajstić information content (AvgIpc) is 3.20. The number of hydrogen-bond donors (Lipinski definition) is 4. The first kappa shape index (κ1) is 27.0. The average molecular weight is 539 g/mol. The van der Waals surface area contributed by atoms with E-state index in [4.69, 9.17) is 31.0 Å². The number of nitrogen functional groups attached to an aromatic ring is 2. The number of benzene rings is 1. The molecule has 1 amide bonds. The van der Waals surface area contributed by atoms with Gasteiger partial charge in [0.1, 0.15) is 22.9 Å². The molecule has 3 rings (SSSR count). The van der Waals surface area contributed by atoms with Crippen LogP contribution in [0.25, 0.3) is 0 Å². The van der Waals surface area contributed by atoms with Gasteiger partial charge in [-0.3, -0.25) is 19.6 Å². The van der Waals surface area contributed by atoms with E-state index in [1.807, 2.05) is 0 Å². The zero-order chi connectivity index (χ0) is 26.8. The number of carbonyl (C=O) groups is 2. The molecule has 0 unspecified atom stereocenters. The molecule has 0 radical (unpaired) electrons. The highest BCUT2D eigenvalue weighted by atomic mass is 32.2. The standard InChI is InChI=1S/C21H26N6O7S2/c1-11-14(19(29)27(11)36(30,31)32)8-16(28)17(15-9-35-20(24)25-15)26-33-10-21(2,3)34-13-6-4-12(5-7-13)18(22)23/h4-7,9,11,14H,8,10H2,1-3H3,(H3,22,23)(H2,24,25)(H,30,31,32)/b26-17-/t11-,14-/m0/s1. The molecule has 1 saturated heterocycles. The highest BCUT2D eigenvalue weighted by molar-refractivity contribution is 7.84. The number of hydrogen-bond acceptors (Lipinski definition) is 11. The number of β-lactam (4-membered cyclic amide) rings is 1. The normalized spacial score (nSPS) is 18.5. The van der Waals surface area contributed by atoms with Crippen LogP contribution in [0, 0.1) is 11.3 Å². The number of carbonyl (C=O) groups excluding carboxylic acids is 2. The zero-order valence-corrected chi connectivity index (χ0v) is 21.3. The van der Waals surface area contributed by atoms with Crippen LogP contribution in [0.5, 0.6) is 5.75 Å². The summed E-state index contributed by atoms with van der Waals surface area (Å²) in [6, 6.07) is 5.69. The van der Waals surface area contributed by atoms with Crippen LogP contribution in [-0.2, 0) is 24.7 Å². The molecule has 0 spiro atoms. The van der Waals surface area contributed by atoms with E-state index in [1.54, 1.807) is 38.1 Å². The Hall–Kier alpha value is -3.56. The Bertz CT molecular complexity index is 1300. The summed E-state index contributed by atoms with van der Waals surface area (Å²) in [4.78, 5) is 34.7. The third-order valence-corrected chi connectivity index (χ3v) is 6.98. The van der Waals surface area contributed by atoms with Crippen LogP contribution in [0.2, 0.25) is 0 Å². The lowest BCUT2D eigenvalue weighted by molar-refractivity contribution is -0.147. The lowest BCUT2D eigenvalue weighted by Gasteiger charge is -2.41. The molecule has 13 nitrogen and oxygen atoms in total. The van der Waals surface area contributed by atoms with Gasteiger partial charge in [0.25, 0.3) is 0 Å². The molecule has 6 N–H and O–H groups in total. The maximum Gasteiger partial charge on any atom is 0.362 e. The summed E-state index contributed by atoms with van der Waals surface area (Å²) in [5.74, 6) is -2.02. The number of anilines is 1. The molecule has 36 heavy (non-hydrogen) atoms. The topological polar surface area (TPSA) is 211 Å². The van der Waals surface area contributed by atoms with Crippen LogP contribution in [0.15, 0.2) is 34.8 Å². The van der Waals surface area contributed by atoms with E-state index in [2.05, 4.69) is 10.1 Å². The van der Waals surface area contributed by atoms with Crippen LogP contribution in [0.4, 0.5) is 5.13 Å². The number of ether oxygens (including phenoxy) is 1. The number of amides is 1. The fourth-order valence-electron chi connectivity index (χ4n) is 3.47. The molecule has 15 heteroatoms. The lowest BCUT2D eigenvalue weighted by Crippen LogP contribution is -2.62. The van der Waals surface area contributed by atoms with Crippen molar-refractivity contribution in [3.8, 4) is 5.75 Å². The number of nitrogens with zero attached hydrogens (tertiary/aromatic N) is 3. The van der Waals surface area contributed by atoms with Crippen molar-refractivity contribution in [3.05, 3.63) is 40.9 Å². The molecule has 1 fully saturated rings. The van der Waals surface area contributed by atoms with Gasteiger partial charge >= 0.3 is 10.3 Å². The van der Waals surface area contributed by atoms with Gasteiger partial charge in [-0.15, -0.1) is 11.3 Å². The summed E-state index contributed by atoms with van der Waals surface area (Å²) in [5.41, 5.74) is 10.8. The van der Waals surface area contributed by atoms with Crippen molar-refractivity contribution >= 4 is 50.0 Å². The summed E-state index contributed by atoms with van der Waals surface area (Å²) >= 11 is 1.08. The van der Waals surface area contributed by atoms with E-state index in [1.165, 1.54) is 12.3 Å². The van der Waals surface area contributed by atoms with Gasteiger partial charge in [0.15, 0.2) is 23.2 Å². The third-order valence-electron chi connectivity index (χ3n) is 5.30. The minimum Gasteiger partial charge on any atom is -0.484 e. The largest absolute Gasteiger partial charge is 0.484 e. The first-order valence-electron chi connectivity index (χ1n) is 10.6. The van der Waals surface area contributed by atoms with Gasteiger partial charge in [-0.05, 0) is 45.0 Å². The Morgan fingerprint density at radius 1 is 1.33 bits per heavy atom. The smallest absolute Gasteiger partial charge is 0.362 e. The highest BCUT2D eigenvalue weighted by Crippen LogP contribution is 2.32. The molecule has 0 aliphatic carbocycles. The number of thiazole rings is 1. The fraction of sp³-hybridized carbons (Fsp3) is 0.381. The van der Waals surface area contributed by atoms with E-state index in [-0.39, 0.29) is 35.4 Å². The molecule has 2 atom stereocenters. The first-order chi connectivity index (χ1) is 16.7. The fourth-order valence-corrected chi connectivity index (χ4v) is 4.95. The Kier molecular flexibility index (Phi) is 7.66. The van der Waals surface area contributed by atoms with E-state index < -0.39 is 39.6 Å². The second kappa shape index (κ2) is 10.2. The van der Waals surface area contributed by atoms with Crippen LogP contribution < -0.4 is 16.2 Å². The van der Waals surface area contributed by atoms with Crippen molar-refractivity contribution in [2.45, 2.75) is 38.8 Å².